The monoisotopic (exact) mass is 384 g/mol. The van der Waals surface area contributed by atoms with Gasteiger partial charge in [-0.05, 0) is 55.7 Å². The van der Waals surface area contributed by atoms with Gasteiger partial charge in [-0.3, -0.25) is 4.79 Å². The Kier molecular flexibility index (Phi) is 9.60. The lowest BCUT2D eigenvalue weighted by molar-refractivity contribution is 0.0922. The fraction of sp³-hybridized carbons (Fsp3) is 0.632. The van der Waals surface area contributed by atoms with Crippen LogP contribution in [0.5, 0.6) is 0 Å². The van der Waals surface area contributed by atoms with Gasteiger partial charge in [0.15, 0.2) is 0 Å². The highest BCUT2D eigenvalue weighted by Gasteiger charge is 2.40. The zero-order chi connectivity index (χ0) is 16.9. The molecule has 4 rings (SSSR count). The molecule has 1 saturated heterocycles. The Morgan fingerprint density at radius 3 is 2.38 bits per heavy atom. The van der Waals surface area contributed by atoms with E-state index in [9.17, 15) is 4.79 Å². The van der Waals surface area contributed by atoms with Gasteiger partial charge in [0.05, 0.1) is 13.2 Å². The smallest absolute Gasteiger partial charge is 0.251 e. The first kappa shape index (κ1) is 22.9. The summed E-state index contributed by atoms with van der Waals surface area (Å²) in [5.74, 6) is 1.64. The molecule has 6 nitrogen and oxygen atoms in total. The fourth-order valence-corrected chi connectivity index (χ4v) is 4.15. The summed E-state index contributed by atoms with van der Waals surface area (Å²) in [7, 11) is 0. The van der Waals surface area contributed by atoms with Gasteiger partial charge in [-0.25, -0.2) is 0 Å². The molecule has 1 heterocycles. The zero-order valence-electron chi connectivity index (χ0n) is 15.4. The molecule has 1 aromatic carbocycles. The molecule has 3 aliphatic rings. The van der Waals surface area contributed by atoms with Crippen LogP contribution in [0.2, 0.25) is 0 Å². The highest BCUT2D eigenvalue weighted by atomic mass is 32.1. The number of thiol groups is 1. The average Bonchev–Trinajstić information content (AvgIpc) is 3.22. The van der Waals surface area contributed by atoms with Gasteiger partial charge in [0, 0.05) is 29.6 Å². The molecule has 148 valence electrons. The summed E-state index contributed by atoms with van der Waals surface area (Å²) in [6, 6.07) is 6.11. The van der Waals surface area contributed by atoms with E-state index in [0.717, 1.165) is 54.2 Å². The number of hydrogen-bond donors (Lipinski definition) is 3. The molecular weight excluding hydrogens is 352 g/mol. The maximum Gasteiger partial charge on any atom is 0.251 e. The highest BCUT2D eigenvalue weighted by Crippen LogP contribution is 2.44. The van der Waals surface area contributed by atoms with Crippen LogP contribution < -0.4 is 10.6 Å². The number of benzene rings is 1. The number of ether oxygens (including phenoxy) is 1. The maximum atomic E-state index is 12.2. The summed E-state index contributed by atoms with van der Waals surface area (Å²) in [6.07, 6.45) is 5.15. The molecule has 1 amide bonds. The summed E-state index contributed by atoms with van der Waals surface area (Å²) < 4.78 is 5.01. The van der Waals surface area contributed by atoms with Gasteiger partial charge in [0.25, 0.3) is 5.91 Å². The molecule has 7 heteroatoms. The van der Waals surface area contributed by atoms with Gasteiger partial charge in [-0.1, -0.05) is 12.5 Å². The van der Waals surface area contributed by atoms with Crippen LogP contribution in [0.3, 0.4) is 0 Å². The number of amides is 1. The van der Waals surface area contributed by atoms with E-state index in [1.165, 1.54) is 25.7 Å². The molecule has 3 fully saturated rings. The van der Waals surface area contributed by atoms with Crippen LogP contribution in [0.1, 0.15) is 41.6 Å². The quantitative estimate of drug-likeness (QED) is 0.665. The van der Waals surface area contributed by atoms with Crippen LogP contribution in [0.25, 0.3) is 0 Å². The van der Waals surface area contributed by atoms with Crippen molar-refractivity contribution < 1.29 is 20.5 Å². The van der Waals surface area contributed by atoms with Crippen molar-refractivity contribution in [2.45, 2.75) is 43.5 Å². The van der Waals surface area contributed by atoms with Crippen molar-refractivity contribution in [2.75, 3.05) is 26.3 Å². The van der Waals surface area contributed by atoms with Crippen LogP contribution in [0, 0.1) is 18.8 Å². The Morgan fingerprint density at radius 2 is 1.92 bits per heavy atom. The average molecular weight is 385 g/mol. The van der Waals surface area contributed by atoms with Crippen LogP contribution in [0.4, 0.5) is 0 Å². The van der Waals surface area contributed by atoms with Gasteiger partial charge >= 0.3 is 0 Å². The molecule has 0 spiro atoms. The van der Waals surface area contributed by atoms with Crippen molar-refractivity contribution in [1.82, 2.24) is 10.6 Å². The standard InChI is InChI=1S/C15H19NOS.C4H9NO.2H2O/c1-9-2-4-12(8-14(9)18)15(17)16-13-7-10-3-5-11(13)6-10;1-3-6-4-2-5-1;;/h2,4,8,10-11,13,18H,3,5-7H2,1H3,(H,16,17);5H,1-4H2;2*1H2/t10?,11?,13-;;;/m1.../s1. The lowest BCUT2D eigenvalue weighted by Crippen LogP contribution is -2.38. The minimum Gasteiger partial charge on any atom is -0.412 e. The number of carbonyl (C=O) groups is 1. The Morgan fingerprint density at radius 1 is 1.19 bits per heavy atom. The Bertz CT molecular complexity index is 569. The summed E-state index contributed by atoms with van der Waals surface area (Å²) in [4.78, 5) is 13.1. The summed E-state index contributed by atoms with van der Waals surface area (Å²) in [5, 5.41) is 6.36. The van der Waals surface area contributed by atoms with Crippen molar-refractivity contribution >= 4 is 18.5 Å². The number of aryl methyl sites for hydroxylation is 1. The molecule has 0 radical (unpaired) electrons. The third-order valence-electron chi connectivity index (χ3n) is 5.37. The fourth-order valence-electron chi connectivity index (χ4n) is 3.94. The molecule has 26 heavy (non-hydrogen) atoms. The second kappa shape index (κ2) is 10.9. The van der Waals surface area contributed by atoms with Crippen LogP contribution in [-0.2, 0) is 4.74 Å². The molecule has 2 aliphatic carbocycles. The number of carbonyl (C=O) groups excluding carboxylic acids is 1. The predicted octanol–water partition coefficient (Wildman–Crippen LogP) is 1.16. The highest BCUT2D eigenvalue weighted by molar-refractivity contribution is 7.80. The van der Waals surface area contributed by atoms with Crippen molar-refractivity contribution in [2.24, 2.45) is 11.8 Å². The van der Waals surface area contributed by atoms with Gasteiger partial charge < -0.3 is 26.3 Å². The first-order valence-corrected chi connectivity index (χ1v) is 9.47. The van der Waals surface area contributed by atoms with Crippen LogP contribution in [0.15, 0.2) is 23.1 Å². The Hall–Kier alpha value is -1.12. The molecule has 3 atom stereocenters. The number of fused-ring (bicyclic) bond motifs is 2. The minimum absolute atomic E-state index is 0. The SMILES string of the molecule is C1COCCN1.Cc1ccc(C(=O)N[C@@H]2CC3CCC2C3)cc1S.O.O. The summed E-state index contributed by atoms with van der Waals surface area (Å²) in [6.45, 7) is 5.83. The third-order valence-corrected chi connectivity index (χ3v) is 5.85. The Labute approximate surface area is 161 Å². The van der Waals surface area contributed by atoms with E-state index in [0.29, 0.717) is 6.04 Å². The number of nitrogens with one attached hydrogen (secondary N) is 2. The van der Waals surface area contributed by atoms with E-state index >= 15 is 0 Å². The van der Waals surface area contributed by atoms with Crippen molar-refractivity contribution in [3.63, 3.8) is 0 Å². The second-order valence-corrected chi connectivity index (χ2v) is 7.60. The van der Waals surface area contributed by atoms with E-state index < -0.39 is 0 Å². The van der Waals surface area contributed by atoms with Gasteiger partial charge in [-0.15, -0.1) is 12.6 Å². The van der Waals surface area contributed by atoms with Gasteiger partial charge in [0.2, 0.25) is 0 Å². The topological polar surface area (TPSA) is 113 Å². The number of morpholine rings is 1. The third kappa shape index (κ3) is 5.96. The largest absolute Gasteiger partial charge is 0.412 e. The van der Waals surface area contributed by atoms with E-state index in [4.69, 9.17) is 4.74 Å². The van der Waals surface area contributed by atoms with Crippen LogP contribution in [-0.4, -0.2) is 49.2 Å². The zero-order valence-corrected chi connectivity index (χ0v) is 16.3. The van der Waals surface area contributed by atoms with E-state index in [1.54, 1.807) is 0 Å². The second-order valence-electron chi connectivity index (χ2n) is 7.12. The van der Waals surface area contributed by atoms with Crippen molar-refractivity contribution in [1.29, 1.82) is 0 Å². The van der Waals surface area contributed by atoms with Gasteiger partial charge in [0.1, 0.15) is 0 Å². The molecular formula is C19H32N2O4S. The number of hydrogen-bond acceptors (Lipinski definition) is 4. The molecule has 2 bridgehead atoms. The first-order chi connectivity index (χ1) is 11.6. The summed E-state index contributed by atoms with van der Waals surface area (Å²) >= 11 is 4.37. The van der Waals surface area contributed by atoms with Gasteiger partial charge in [-0.2, -0.15) is 0 Å². The van der Waals surface area contributed by atoms with E-state index in [-0.39, 0.29) is 16.9 Å². The maximum absolute atomic E-state index is 12.2. The molecule has 2 unspecified atom stereocenters. The Balaban J connectivity index is 0.000000364. The molecule has 0 aromatic heterocycles. The lowest BCUT2D eigenvalue weighted by atomic mass is 9.95. The summed E-state index contributed by atoms with van der Waals surface area (Å²) in [5.41, 5.74) is 1.84. The van der Waals surface area contributed by atoms with Crippen LogP contribution >= 0.6 is 12.6 Å². The molecule has 2 saturated carbocycles. The molecule has 1 aromatic rings. The van der Waals surface area contributed by atoms with E-state index in [1.807, 2.05) is 25.1 Å². The molecule has 1 aliphatic heterocycles. The number of rotatable bonds is 2. The lowest BCUT2D eigenvalue weighted by Gasteiger charge is -2.23. The minimum atomic E-state index is 0. The first-order valence-electron chi connectivity index (χ1n) is 9.02. The van der Waals surface area contributed by atoms with E-state index in [2.05, 4.69) is 23.3 Å². The normalized spacial score (nSPS) is 26.0. The predicted molar refractivity (Wildman–Crippen MR) is 106 cm³/mol. The van der Waals surface area contributed by atoms with Crippen molar-refractivity contribution in [3.8, 4) is 0 Å². The van der Waals surface area contributed by atoms with Crippen molar-refractivity contribution in [3.05, 3.63) is 29.3 Å². The molecule has 6 N–H and O–H groups in total.